The Morgan fingerprint density at radius 3 is 2.81 bits per heavy atom. The minimum Gasteiger partial charge on any atom is -0.321 e. The molecule has 1 aliphatic heterocycles. The molecule has 0 spiro atoms. The zero-order valence-corrected chi connectivity index (χ0v) is 12.0. The smallest absolute Gasteiger partial charge is 0.254 e. The second-order valence-corrected chi connectivity index (χ2v) is 5.41. The molecule has 1 aliphatic rings. The Labute approximate surface area is 123 Å². The number of H-pyrrole nitrogens is 1. The molecular formula is C16H18N4O. The number of benzene rings is 1. The normalized spacial score (nSPS) is 17.5. The number of nitrogens with one attached hydrogen (secondary N) is 2. The lowest BCUT2D eigenvalue weighted by Gasteiger charge is -2.30. The maximum atomic E-state index is 12.4. The van der Waals surface area contributed by atoms with Gasteiger partial charge in [-0.15, -0.1) is 0 Å². The molecule has 1 saturated heterocycles. The van der Waals surface area contributed by atoms with Gasteiger partial charge in [-0.3, -0.25) is 9.69 Å². The minimum atomic E-state index is -0.485. The Hall–Kier alpha value is -2.16. The van der Waals surface area contributed by atoms with Gasteiger partial charge >= 0.3 is 0 Å². The van der Waals surface area contributed by atoms with Gasteiger partial charge in [-0.2, -0.15) is 5.26 Å². The Bertz CT molecular complexity index is 753. The van der Waals surface area contributed by atoms with Crippen LogP contribution in [0.4, 0.5) is 0 Å². The summed E-state index contributed by atoms with van der Waals surface area (Å²) in [5.41, 5.74) is 2.26. The van der Waals surface area contributed by atoms with Gasteiger partial charge in [-0.1, -0.05) is 18.2 Å². The molecule has 0 amide bonds. The number of aryl methyl sites for hydroxylation is 1. The van der Waals surface area contributed by atoms with E-state index in [0.717, 1.165) is 42.6 Å². The van der Waals surface area contributed by atoms with Gasteiger partial charge in [0, 0.05) is 31.7 Å². The SMILES string of the molecule is Cc1cccc2cc(C(C#N)N3CCNCC3)c(=O)[nH]c12. The number of aromatic amines is 1. The second-order valence-electron chi connectivity index (χ2n) is 5.41. The number of hydrogen-bond donors (Lipinski definition) is 2. The molecule has 1 fully saturated rings. The Morgan fingerprint density at radius 2 is 2.10 bits per heavy atom. The van der Waals surface area contributed by atoms with Gasteiger partial charge in [-0.25, -0.2) is 0 Å². The Balaban J connectivity index is 2.08. The van der Waals surface area contributed by atoms with Crippen LogP contribution in [0.15, 0.2) is 29.1 Å². The van der Waals surface area contributed by atoms with Crippen molar-refractivity contribution in [1.29, 1.82) is 5.26 Å². The molecule has 5 nitrogen and oxygen atoms in total. The van der Waals surface area contributed by atoms with E-state index in [0.29, 0.717) is 5.56 Å². The van der Waals surface area contributed by atoms with Gasteiger partial charge in [0.15, 0.2) is 0 Å². The number of hydrogen-bond acceptors (Lipinski definition) is 4. The van der Waals surface area contributed by atoms with Gasteiger partial charge in [0.1, 0.15) is 6.04 Å². The maximum Gasteiger partial charge on any atom is 0.254 e. The van der Waals surface area contributed by atoms with Crippen molar-refractivity contribution in [2.24, 2.45) is 0 Å². The average Bonchev–Trinajstić information content (AvgIpc) is 2.51. The molecule has 0 aliphatic carbocycles. The Morgan fingerprint density at radius 1 is 1.33 bits per heavy atom. The number of aromatic nitrogens is 1. The molecule has 2 N–H and O–H groups in total. The lowest BCUT2D eigenvalue weighted by molar-refractivity contribution is 0.207. The van der Waals surface area contributed by atoms with Crippen LogP contribution in [0.5, 0.6) is 0 Å². The van der Waals surface area contributed by atoms with Crippen molar-refractivity contribution in [2.45, 2.75) is 13.0 Å². The zero-order valence-electron chi connectivity index (χ0n) is 12.0. The summed E-state index contributed by atoms with van der Waals surface area (Å²) in [7, 11) is 0. The number of nitriles is 1. The van der Waals surface area contributed by atoms with Crippen molar-refractivity contribution in [2.75, 3.05) is 26.2 Å². The average molecular weight is 282 g/mol. The first-order chi connectivity index (χ1) is 10.2. The summed E-state index contributed by atoms with van der Waals surface area (Å²) < 4.78 is 0. The van der Waals surface area contributed by atoms with E-state index in [1.54, 1.807) is 0 Å². The number of fused-ring (bicyclic) bond motifs is 1. The summed E-state index contributed by atoms with van der Waals surface area (Å²) in [6, 6.07) is 9.56. The molecule has 5 heteroatoms. The first-order valence-electron chi connectivity index (χ1n) is 7.17. The molecular weight excluding hydrogens is 264 g/mol. The fourth-order valence-electron chi connectivity index (χ4n) is 2.89. The van der Waals surface area contributed by atoms with Crippen molar-refractivity contribution < 1.29 is 0 Å². The summed E-state index contributed by atoms with van der Waals surface area (Å²) in [5.74, 6) is 0. The zero-order chi connectivity index (χ0) is 14.8. The summed E-state index contributed by atoms with van der Waals surface area (Å²) in [6.07, 6.45) is 0. The summed E-state index contributed by atoms with van der Waals surface area (Å²) >= 11 is 0. The molecule has 3 rings (SSSR count). The molecule has 1 aromatic heterocycles. The molecule has 0 radical (unpaired) electrons. The van der Waals surface area contributed by atoms with E-state index in [-0.39, 0.29) is 5.56 Å². The quantitative estimate of drug-likeness (QED) is 0.871. The third-order valence-corrected chi connectivity index (χ3v) is 4.05. The first-order valence-corrected chi connectivity index (χ1v) is 7.17. The predicted molar refractivity (Wildman–Crippen MR) is 82.1 cm³/mol. The fraction of sp³-hybridized carbons (Fsp3) is 0.375. The predicted octanol–water partition coefficient (Wildman–Crippen LogP) is 1.31. The highest BCUT2D eigenvalue weighted by Gasteiger charge is 2.24. The molecule has 1 atom stereocenters. The topological polar surface area (TPSA) is 71.9 Å². The molecule has 1 aromatic carbocycles. The minimum absolute atomic E-state index is 0.165. The molecule has 0 saturated carbocycles. The van der Waals surface area contributed by atoms with E-state index >= 15 is 0 Å². The highest BCUT2D eigenvalue weighted by atomic mass is 16.1. The number of piperazine rings is 1. The van der Waals surface area contributed by atoms with Crippen LogP contribution in [0.2, 0.25) is 0 Å². The highest BCUT2D eigenvalue weighted by molar-refractivity contribution is 5.82. The second kappa shape index (κ2) is 5.68. The summed E-state index contributed by atoms with van der Waals surface area (Å²) in [4.78, 5) is 17.4. The van der Waals surface area contributed by atoms with Crippen molar-refractivity contribution in [3.05, 3.63) is 45.7 Å². The van der Waals surface area contributed by atoms with Crippen LogP contribution >= 0.6 is 0 Å². The van der Waals surface area contributed by atoms with Gasteiger partial charge in [0.05, 0.1) is 11.6 Å². The standard InChI is InChI=1S/C16H18N4O/c1-11-3-2-4-12-9-13(16(21)19-15(11)12)14(10-17)20-7-5-18-6-8-20/h2-4,9,14,18H,5-8H2,1H3,(H,19,21). The molecule has 2 aromatic rings. The van der Waals surface area contributed by atoms with Crippen LogP contribution in [0, 0.1) is 18.3 Å². The maximum absolute atomic E-state index is 12.4. The third kappa shape index (κ3) is 2.56. The van der Waals surface area contributed by atoms with E-state index < -0.39 is 6.04 Å². The van der Waals surface area contributed by atoms with Gasteiger partial charge in [0.25, 0.3) is 5.56 Å². The molecule has 108 valence electrons. The summed E-state index contributed by atoms with van der Waals surface area (Å²) in [5, 5.41) is 13.8. The van der Waals surface area contributed by atoms with Crippen LogP contribution in [0.1, 0.15) is 17.2 Å². The largest absolute Gasteiger partial charge is 0.321 e. The van der Waals surface area contributed by atoms with Crippen molar-refractivity contribution in [3.63, 3.8) is 0 Å². The van der Waals surface area contributed by atoms with E-state index in [1.807, 2.05) is 31.2 Å². The van der Waals surface area contributed by atoms with Crippen molar-refractivity contribution in [1.82, 2.24) is 15.2 Å². The van der Waals surface area contributed by atoms with Gasteiger partial charge in [-0.05, 0) is 23.9 Å². The van der Waals surface area contributed by atoms with Gasteiger partial charge < -0.3 is 10.3 Å². The van der Waals surface area contributed by atoms with Crippen LogP contribution in [0.25, 0.3) is 10.9 Å². The van der Waals surface area contributed by atoms with Crippen LogP contribution < -0.4 is 10.9 Å². The first kappa shape index (κ1) is 13.8. The van der Waals surface area contributed by atoms with E-state index in [9.17, 15) is 10.1 Å². The van der Waals surface area contributed by atoms with Crippen LogP contribution in [0.3, 0.4) is 0 Å². The molecule has 0 bridgehead atoms. The lowest BCUT2D eigenvalue weighted by atomic mass is 10.0. The monoisotopic (exact) mass is 282 g/mol. The summed E-state index contributed by atoms with van der Waals surface area (Å²) in [6.45, 7) is 5.23. The van der Waals surface area contributed by atoms with Crippen LogP contribution in [-0.4, -0.2) is 36.1 Å². The van der Waals surface area contributed by atoms with E-state index in [1.165, 1.54) is 0 Å². The van der Waals surface area contributed by atoms with Gasteiger partial charge in [0.2, 0.25) is 0 Å². The van der Waals surface area contributed by atoms with E-state index in [2.05, 4.69) is 21.3 Å². The Kier molecular flexibility index (Phi) is 3.74. The van der Waals surface area contributed by atoms with E-state index in [4.69, 9.17) is 0 Å². The number of para-hydroxylation sites is 1. The molecule has 21 heavy (non-hydrogen) atoms. The molecule has 2 heterocycles. The van der Waals surface area contributed by atoms with Crippen molar-refractivity contribution >= 4 is 10.9 Å². The third-order valence-electron chi connectivity index (χ3n) is 4.05. The van der Waals surface area contributed by atoms with Crippen LogP contribution in [-0.2, 0) is 0 Å². The molecule has 1 unspecified atom stereocenters. The number of pyridine rings is 1. The van der Waals surface area contributed by atoms with Crippen molar-refractivity contribution in [3.8, 4) is 6.07 Å². The number of rotatable bonds is 2. The lowest BCUT2D eigenvalue weighted by Crippen LogP contribution is -2.45. The fourth-order valence-corrected chi connectivity index (χ4v) is 2.89. The highest BCUT2D eigenvalue weighted by Crippen LogP contribution is 2.21. The number of nitrogens with zero attached hydrogens (tertiary/aromatic N) is 2.